The summed E-state index contributed by atoms with van der Waals surface area (Å²) in [7, 11) is 0. The van der Waals surface area contributed by atoms with Gasteiger partial charge in [0.15, 0.2) is 0 Å². The average Bonchev–Trinajstić information content (AvgIpc) is 2.67. The van der Waals surface area contributed by atoms with Gasteiger partial charge < -0.3 is 20.1 Å². The monoisotopic (exact) mass is 436 g/mol. The van der Waals surface area contributed by atoms with E-state index in [4.69, 9.17) is 0 Å². The Hall–Kier alpha value is -2.67. The number of allylic oxidation sites excluding steroid dienone is 4. The predicted octanol–water partition coefficient (Wildman–Crippen LogP) is 6.01. The van der Waals surface area contributed by atoms with Gasteiger partial charge in [-0.15, -0.1) is 13.2 Å². The number of nitrogens with zero attached hydrogens (tertiary/aromatic N) is 1. The molecule has 0 saturated carbocycles. The molecule has 0 amide bonds. The van der Waals surface area contributed by atoms with Gasteiger partial charge in [0.05, 0.1) is 0 Å². The third-order valence-corrected chi connectivity index (χ3v) is 4.97. The largest absolute Gasteiger partial charge is 0.573 e. The van der Waals surface area contributed by atoms with E-state index in [1.807, 2.05) is 19.1 Å². The highest BCUT2D eigenvalue weighted by Gasteiger charge is 2.31. The molecule has 0 spiro atoms. The van der Waals surface area contributed by atoms with E-state index < -0.39 is 6.36 Å². The molecule has 1 aromatic carbocycles. The van der Waals surface area contributed by atoms with Gasteiger partial charge in [0.2, 0.25) is 0 Å². The quantitative estimate of drug-likeness (QED) is 0.441. The van der Waals surface area contributed by atoms with Crippen LogP contribution in [-0.2, 0) is 0 Å². The Kier molecular flexibility index (Phi) is 8.80. The molecule has 1 saturated heterocycles. The van der Waals surface area contributed by atoms with Gasteiger partial charge >= 0.3 is 6.36 Å². The number of aliphatic hydroxyl groups is 1. The van der Waals surface area contributed by atoms with E-state index in [2.05, 4.69) is 41.5 Å². The molecule has 0 bridgehead atoms. The van der Waals surface area contributed by atoms with Crippen molar-refractivity contribution >= 4 is 5.69 Å². The second-order valence-electron chi connectivity index (χ2n) is 7.38. The van der Waals surface area contributed by atoms with Gasteiger partial charge in [-0.05, 0) is 55.7 Å². The number of rotatable bonds is 10. The Balaban J connectivity index is 2.35. The summed E-state index contributed by atoms with van der Waals surface area (Å²) in [5, 5.41) is 12.6. The van der Waals surface area contributed by atoms with Crippen LogP contribution in [0.4, 0.5) is 18.9 Å². The molecule has 0 aliphatic carbocycles. The lowest BCUT2D eigenvalue weighted by atomic mass is 9.92. The van der Waals surface area contributed by atoms with E-state index >= 15 is 0 Å². The first-order valence-corrected chi connectivity index (χ1v) is 10.5. The number of halogens is 3. The van der Waals surface area contributed by atoms with Crippen molar-refractivity contribution in [3.8, 4) is 5.75 Å². The van der Waals surface area contributed by atoms with Crippen molar-refractivity contribution in [2.45, 2.75) is 40.0 Å². The lowest BCUT2D eigenvalue weighted by Crippen LogP contribution is -2.47. The number of ether oxygens (including phenoxy) is 1. The number of nitrogens with one attached hydrogen (secondary N) is 1. The topological polar surface area (TPSA) is 44.7 Å². The van der Waals surface area contributed by atoms with E-state index in [1.165, 1.54) is 24.3 Å². The van der Waals surface area contributed by atoms with Gasteiger partial charge in [-0.3, -0.25) is 0 Å². The minimum atomic E-state index is -4.72. The van der Waals surface area contributed by atoms with Gasteiger partial charge in [-0.1, -0.05) is 32.6 Å². The van der Waals surface area contributed by atoms with Crippen molar-refractivity contribution in [1.82, 2.24) is 4.90 Å². The Bertz CT molecular complexity index is 833. The molecule has 1 heterocycles. The zero-order valence-corrected chi connectivity index (χ0v) is 18.3. The average molecular weight is 437 g/mol. The smallest absolute Gasteiger partial charge is 0.406 e. The van der Waals surface area contributed by atoms with Crippen LogP contribution < -0.4 is 10.1 Å². The molecule has 1 aliphatic heterocycles. The normalized spacial score (nSPS) is 16.2. The van der Waals surface area contributed by atoms with E-state index in [-0.39, 0.29) is 18.3 Å². The van der Waals surface area contributed by atoms with Crippen molar-refractivity contribution in [1.29, 1.82) is 0 Å². The maximum Gasteiger partial charge on any atom is 0.573 e. The van der Waals surface area contributed by atoms with E-state index in [1.54, 1.807) is 0 Å². The summed E-state index contributed by atoms with van der Waals surface area (Å²) in [4.78, 5) is 2.21. The number of hydrogen-bond acceptors (Lipinski definition) is 4. The van der Waals surface area contributed by atoms with Crippen molar-refractivity contribution in [3.63, 3.8) is 0 Å². The zero-order chi connectivity index (χ0) is 23.0. The van der Waals surface area contributed by atoms with Crippen LogP contribution in [0.2, 0.25) is 0 Å². The summed E-state index contributed by atoms with van der Waals surface area (Å²) < 4.78 is 41.1. The number of aliphatic hydroxyl groups excluding tert-OH is 1. The fourth-order valence-electron chi connectivity index (χ4n) is 3.55. The second-order valence-corrected chi connectivity index (χ2v) is 7.38. The van der Waals surface area contributed by atoms with Crippen molar-refractivity contribution in [2.24, 2.45) is 5.92 Å². The SMILES string of the molecule is C=C(Nc1ccc(OC(F)(F)F)cc1)C(/C(=C/CC)CC)=C(\C=C/C)N1CC(CO)C1. The maximum absolute atomic E-state index is 12.4. The lowest BCUT2D eigenvalue weighted by molar-refractivity contribution is -0.274. The molecule has 1 aliphatic rings. The number of alkyl halides is 3. The predicted molar refractivity (Wildman–Crippen MR) is 119 cm³/mol. The van der Waals surface area contributed by atoms with Crippen molar-refractivity contribution in [3.05, 3.63) is 71.6 Å². The molecule has 1 fully saturated rings. The standard InChI is InChI=1S/C24H31F3N2O2/c1-5-8-19(7-3)23(22(9-6-2)29-14-18(15-29)16-30)17(4)28-20-10-12-21(13-11-20)31-24(25,26)27/h6,8-13,18,28,30H,4-5,7,14-16H2,1-3H3/b9-6-,19-8+,23-22-. The number of anilines is 1. The van der Waals surface area contributed by atoms with Crippen LogP contribution in [-0.4, -0.2) is 36.1 Å². The van der Waals surface area contributed by atoms with Crippen LogP contribution in [0.3, 0.4) is 0 Å². The van der Waals surface area contributed by atoms with E-state index in [9.17, 15) is 18.3 Å². The van der Waals surface area contributed by atoms with Crippen LogP contribution in [0, 0.1) is 5.92 Å². The van der Waals surface area contributed by atoms with Gasteiger partial charge in [0.1, 0.15) is 5.75 Å². The first-order valence-electron chi connectivity index (χ1n) is 10.5. The number of benzene rings is 1. The first-order chi connectivity index (χ1) is 14.7. The maximum atomic E-state index is 12.4. The van der Waals surface area contributed by atoms with Crippen LogP contribution in [0.1, 0.15) is 33.6 Å². The van der Waals surface area contributed by atoms with Gasteiger partial charge in [-0.2, -0.15) is 0 Å². The highest BCUT2D eigenvalue weighted by atomic mass is 19.4. The molecular formula is C24H31F3N2O2. The molecular weight excluding hydrogens is 405 g/mol. The summed E-state index contributed by atoms with van der Waals surface area (Å²) in [6, 6.07) is 5.59. The Morgan fingerprint density at radius 2 is 1.90 bits per heavy atom. The molecule has 0 unspecified atom stereocenters. The van der Waals surface area contributed by atoms with Gasteiger partial charge in [-0.25, -0.2) is 0 Å². The highest BCUT2D eigenvalue weighted by Crippen LogP contribution is 2.33. The second kappa shape index (κ2) is 11.1. The molecule has 2 rings (SSSR count). The Labute approximate surface area is 182 Å². The number of likely N-dealkylation sites (tertiary alicyclic amines) is 1. The van der Waals surface area contributed by atoms with Crippen LogP contribution in [0.15, 0.2) is 71.6 Å². The molecule has 0 radical (unpaired) electrons. The number of hydrogen-bond donors (Lipinski definition) is 2. The Morgan fingerprint density at radius 3 is 2.39 bits per heavy atom. The third kappa shape index (κ3) is 6.92. The highest BCUT2D eigenvalue weighted by molar-refractivity contribution is 5.60. The van der Waals surface area contributed by atoms with E-state index in [0.29, 0.717) is 11.4 Å². The molecule has 170 valence electrons. The van der Waals surface area contributed by atoms with Crippen LogP contribution >= 0.6 is 0 Å². The molecule has 1 aromatic rings. The summed E-state index contributed by atoms with van der Waals surface area (Å²) >= 11 is 0. The molecule has 0 atom stereocenters. The minimum Gasteiger partial charge on any atom is -0.406 e. The van der Waals surface area contributed by atoms with Crippen LogP contribution in [0.25, 0.3) is 0 Å². The summed E-state index contributed by atoms with van der Waals surface area (Å²) in [5.41, 5.74) is 4.39. The zero-order valence-electron chi connectivity index (χ0n) is 18.3. The minimum absolute atomic E-state index is 0.159. The summed E-state index contributed by atoms with van der Waals surface area (Å²) in [6.07, 6.45) is 3.12. The van der Waals surface area contributed by atoms with Gasteiger partial charge in [0.25, 0.3) is 0 Å². The molecule has 31 heavy (non-hydrogen) atoms. The van der Waals surface area contributed by atoms with Crippen molar-refractivity contribution < 1.29 is 23.0 Å². The third-order valence-electron chi connectivity index (χ3n) is 4.97. The fourth-order valence-corrected chi connectivity index (χ4v) is 3.55. The molecule has 2 N–H and O–H groups in total. The Morgan fingerprint density at radius 1 is 1.26 bits per heavy atom. The molecule has 4 nitrogen and oxygen atoms in total. The first kappa shape index (κ1) is 24.6. The van der Waals surface area contributed by atoms with Crippen molar-refractivity contribution in [2.75, 3.05) is 25.0 Å². The molecule has 0 aromatic heterocycles. The molecule has 7 heteroatoms. The van der Waals surface area contributed by atoms with Gasteiger partial charge in [0, 0.05) is 48.3 Å². The van der Waals surface area contributed by atoms with E-state index in [0.717, 1.165) is 42.8 Å². The fraction of sp³-hybridized carbons (Fsp3) is 0.417. The lowest BCUT2D eigenvalue weighted by Gasteiger charge is -2.42. The summed E-state index contributed by atoms with van der Waals surface area (Å²) in [6.45, 7) is 12.0. The van der Waals surface area contributed by atoms with Crippen LogP contribution in [0.5, 0.6) is 5.75 Å². The summed E-state index contributed by atoms with van der Waals surface area (Å²) in [5.74, 6) is -0.0195.